The first-order valence-electron chi connectivity index (χ1n) is 35.3. The molecule has 0 bridgehead atoms. The highest BCUT2D eigenvalue weighted by atomic mass is 19.1. The van der Waals surface area contributed by atoms with Crippen LogP contribution in [0.15, 0.2) is 159 Å². The zero-order valence-corrected chi connectivity index (χ0v) is 57.6. The van der Waals surface area contributed by atoms with Crippen LogP contribution in [0.4, 0.5) is 4.39 Å². The fourth-order valence-electron chi connectivity index (χ4n) is 12.0. The van der Waals surface area contributed by atoms with E-state index in [0.29, 0.717) is 68.5 Å². The summed E-state index contributed by atoms with van der Waals surface area (Å²) in [4.78, 5) is 19.6. The topological polar surface area (TPSA) is 201 Å². The zero-order valence-electron chi connectivity index (χ0n) is 57.6. The second-order valence-corrected chi connectivity index (χ2v) is 26.3. The SMILES string of the molecule is Cc1ncc(OC[C@@H]2CCN2)cc1CC[C@@H](C)c1ccc(CCN(C)C)cc1.OCCCc1cc(F)cc(-c2cncc(OC[C@@H]3CCN3)c2)c1.OCCCc1cccc(-c2cncc(OC[C@@H]3CCCN3)c2)c1.OCCCc1cccc(-c2cncc(OC[C@H]3CCCN3)c2)c1. The molecule has 97 heavy (non-hydrogen) atoms. The molecule has 518 valence electrons. The van der Waals surface area contributed by atoms with Gasteiger partial charge < -0.3 is 60.4 Å². The van der Waals surface area contributed by atoms with E-state index in [-0.39, 0.29) is 25.6 Å². The summed E-state index contributed by atoms with van der Waals surface area (Å²) in [5.74, 6) is 3.48. The number of aliphatic hydroxyl groups excluding tert-OH is 3. The number of hydrogen-bond acceptors (Lipinski definition) is 16. The molecule has 4 fully saturated rings. The summed E-state index contributed by atoms with van der Waals surface area (Å²) in [5, 5.41) is 40.4. The lowest BCUT2D eigenvalue weighted by Gasteiger charge is -2.27. The molecular weight excluding hydrogens is 1220 g/mol. The monoisotopic (exact) mass is 1320 g/mol. The van der Waals surface area contributed by atoms with Crippen LogP contribution >= 0.6 is 0 Å². The summed E-state index contributed by atoms with van der Waals surface area (Å²) in [7, 11) is 4.25. The first-order chi connectivity index (χ1) is 47.4. The third-order valence-electron chi connectivity index (χ3n) is 18.2. The number of likely N-dealkylation sites (N-methyl/N-ethyl adjacent to an activating group) is 1. The number of hydrogen-bond donors (Lipinski definition) is 7. The van der Waals surface area contributed by atoms with Crippen LogP contribution in [0.3, 0.4) is 0 Å². The summed E-state index contributed by atoms with van der Waals surface area (Å²) in [5.41, 5.74) is 14.6. The number of nitrogens with zero attached hydrogens (tertiary/aromatic N) is 5. The molecule has 12 rings (SSSR count). The second-order valence-electron chi connectivity index (χ2n) is 26.3. The Bertz CT molecular complexity index is 3470. The Morgan fingerprint density at radius 3 is 1.36 bits per heavy atom. The van der Waals surface area contributed by atoms with Crippen LogP contribution in [-0.4, -0.2) is 157 Å². The maximum atomic E-state index is 13.8. The largest absolute Gasteiger partial charge is 0.490 e. The van der Waals surface area contributed by atoms with Crippen LogP contribution in [0, 0.1) is 12.7 Å². The molecule has 5 atom stereocenters. The van der Waals surface area contributed by atoms with Gasteiger partial charge in [0.2, 0.25) is 0 Å². The third kappa shape index (κ3) is 25.3. The Kier molecular flexibility index (Phi) is 30.5. The minimum atomic E-state index is -0.277. The summed E-state index contributed by atoms with van der Waals surface area (Å²) >= 11 is 0. The minimum absolute atomic E-state index is 0.103. The van der Waals surface area contributed by atoms with Gasteiger partial charge in [0, 0.05) is 91.5 Å². The lowest BCUT2D eigenvalue weighted by molar-refractivity contribution is 0.216. The molecule has 4 aliphatic heterocycles. The van der Waals surface area contributed by atoms with Crippen molar-refractivity contribution < 1.29 is 38.7 Å². The average molecular weight is 1320 g/mol. The van der Waals surface area contributed by atoms with E-state index < -0.39 is 0 Å². The molecule has 0 amide bonds. The van der Waals surface area contributed by atoms with Crippen molar-refractivity contribution in [1.82, 2.24) is 46.1 Å². The number of rotatable bonds is 31. The fraction of sp³-hybridized carbons (Fsp3) is 0.450. The molecule has 8 aromatic rings. The normalized spacial score (nSPS) is 17.2. The second kappa shape index (κ2) is 40.2. The summed E-state index contributed by atoms with van der Waals surface area (Å²) in [6.07, 6.45) is 27.6. The number of pyridine rings is 4. The quantitative estimate of drug-likeness (QED) is 0.0216. The molecule has 4 aromatic carbocycles. The molecule has 0 aliphatic carbocycles. The number of aromatic nitrogens is 4. The molecular formula is C80H104FN9O7. The molecule has 0 unspecified atom stereocenters. The number of nitrogens with one attached hydrogen (secondary N) is 4. The fourth-order valence-corrected chi connectivity index (χ4v) is 12.0. The summed E-state index contributed by atoms with van der Waals surface area (Å²) in [6.45, 7) is 13.2. The van der Waals surface area contributed by atoms with Crippen LogP contribution < -0.4 is 40.2 Å². The number of aliphatic hydroxyl groups is 3. The Balaban J connectivity index is 0.000000152. The average Bonchev–Trinajstić information content (AvgIpc) is 1.81. The summed E-state index contributed by atoms with van der Waals surface area (Å²) < 4.78 is 37.3. The van der Waals surface area contributed by atoms with E-state index in [9.17, 15) is 4.39 Å². The lowest BCUT2D eigenvalue weighted by Crippen LogP contribution is -2.46. The van der Waals surface area contributed by atoms with Gasteiger partial charge >= 0.3 is 0 Å². The van der Waals surface area contributed by atoms with Crippen LogP contribution in [0.25, 0.3) is 33.4 Å². The van der Waals surface area contributed by atoms with Gasteiger partial charge in [-0.1, -0.05) is 85.8 Å². The van der Waals surface area contributed by atoms with Crippen molar-refractivity contribution in [2.45, 2.75) is 140 Å². The van der Waals surface area contributed by atoms with Crippen LogP contribution in [0.5, 0.6) is 23.0 Å². The van der Waals surface area contributed by atoms with E-state index in [2.05, 4.69) is 153 Å². The van der Waals surface area contributed by atoms with E-state index >= 15 is 0 Å². The Hall–Kier alpha value is -7.71. The number of benzene rings is 4. The van der Waals surface area contributed by atoms with E-state index in [4.69, 9.17) is 34.3 Å². The van der Waals surface area contributed by atoms with Crippen LogP contribution in [0.1, 0.15) is 116 Å². The number of halogens is 1. The van der Waals surface area contributed by atoms with Crippen molar-refractivity contribution in [2.75, 3.05) is 93.1 Å². The highest BCUT2D eigenvalue weighted by Gasteiger charge is 2.20. The van der Waals surface area contributed by atoms with Gasteiger partial charge in [0.15, 0.2) is 0 Å². The standard InChI is InChI=1S/C24H35N3O.2C19H24N2O2.C18H21FN2O2/c1-18(21-9-6-20(7-10-21)12-14-27(3)4)5-8-22-15-24(16-26-19(22)2)28-17-23-11-13-25-23;2*22-9-3-5-15-4-1-6-16(10-15)17-11-19(13-20-12-17)23-14-18-7-2-8-21-18;19-16-7-13(2-1-5-22)6-14(8-16)15-9-18(11-20-10-15)23-12-17-3-4-21-17/h6-7,9-10,15-16,18,23,25H,5,8,11-14,17H2,1-4H3;2*1,4,6,10-13,18,21-22H,2-3,5,7-9,14H2;6-11,17,21-22H,1-5,12H2/t18-,23+;2*18-;17-/m1100/s1. The maximum Gasteiger partial charge on any atom is 0.138 e. The van der Waals surface area contributed by atoms with E-state index in [0.717, 1.165) is 153 Å². The predicted octanol–water partition coefficient (Wildman–Crippen LogP) is 12.1. The first kappa shape index (κ1) is 73.5. The first-order valence-corrected chi connectivity index (χ1v) is 35.3. The van der Waals surface area contributed by atoms with Gasteiger partial charge in [0.25, 0.3) is 0 Å². The highest BCUT2D eigenvalue weighted by Crippen LogP contribution is 2.30. The molecule has 4 aliphatic rings. The molecule has 0 radical (unpaired) electrons. The van der Waals surface area contributed by atoms with Crippen molar-refractivity contribution in [2.24, 2.45) is 0 Å². The number of ether oxygens (including phenoxy) is 4. The van der Waals surface area contributed by atoms with Crippen molar-refractivity contribution in [3.63, 3.8) is 0 Å². The van der Waals surface area contributed by atoms with Crippen LogP contribution in [0.2, 0.25) is 0 Å². The highest BCUT2D eigenvalue weighted by molar-refractivity contribution is 5.66. The van der Waals surface area contributed by atoms with Crippen molar-refractivity contribution >= 4 is 0 Å². The predicted molar refractivity (Wildman–Crippen MR) is 386 cm³/mol. The van der Waals surface area contributed by atoms with Crippen LogP contribution in [-0.2, 0) is 32.1 Å². The van der Waals surface area contributed by atoms with E-state index in [1.165, 1.54) is 72.1 Å². The molecule has 16 nitrogen and oxygen atoms in total. The lowest BCUT2D eigenvalue weighted by atomic mass is 9.93. The molecule has 4 saturated heterocycles. The van der Waals surface area contributed by atoms with Gasteiger partial charge in [0.05, 0.1) is 24.8 Å². The maximum absolute atomic E-state index is 13.8. The van der Waals surface area contributed by atoms with Gasteiger partial charge in [-0.15, -0.1) is 0 Å². The Labute approximate surface area is 575 Å². The number of aryl methyl sites for hydroxylation is 5. The van der Waals surface area contributed by atoms with Gasteiger partial charge in [-0.25, -0.2) is 4.39 Å². The molecule has 7 N–H and O–H groups in total. The molecule has 0 saturated carbocycles. The minimum Gasteiger partial charge on any atom is -0.490 e. The van der Waals surface area contributed by atoms with E-state index in [1.54, 1.807) is 24.8 Å². The molecule has 0 spiro atoms. The molecule has 4 aromatic heterocycles. The molecule has 8 heterocycles. The Morgan fingerprint density at radius 1 is 0.464 bits per heavy atom. The van der Waals surface area contributed by atoms with Gasteiger partial charge in [-0.05, 0) is 236 Å². The smallest absolute Gasteiger partial charge is 0.138 e. The van der Waals surface area contributed by atoms with Crippen molar-refractivity contribution in [3.8, 4) is 56.4 Å². The Morgan fingerprint density at radius 2 is 0.918 bits per heavy atom. The van der Waals surface area contributed by atoms with E-state index in [1.807, 2.05) is 42.9 Å². The van der Waals surface area contributed by atoms with Crippen molar-refractivity contribution in [3.05, 3.63) is 204 Å². The van der Waals surface area contributed by atoms with Crippen molar-refractivity contribution in [1.29, 1.82) is 0 Å². The van der Waals surface area contributed by atoms with Gasteiger partial charge in [-0.3, -0.25) is 19.9 Å². The van der Waals surface area contributed by atoms with Gasteiger partial charge in [0.1, 0.15) is 55.2 Å². The molecule has 17 heteroatoms. The van der Waals surface area contributed by atoms with Gasteiger partial charge in [-0.2, -0.15) is 0 Å². The summed E-state index contributed by atoms with van der Waals surface area (Å²) in [6, 6.07) is 40.9. The zero-order chi connectivity index (χ0) is 67.8. The third-order valence-corrected chi connectivity index (χ3v) is 18.2.